The highest BCUT2D eigenvalue weighted by Crippen LogP contribution is 2.08. The number of aromatic nitrogens is 3. The monoisotopic (exact) mass is 238 g/mol. The van der Waals surface area contributed by atoms with Crippen molar-refractivity contribution in [2.75, 3.05) is 5.43 Å². The first-order chi connectivity index (χ1) is 6.08. The van der Waals surface area contributed by atoms with E-state index in [1.807, 2.05) is 0 Å². The van der Waals surface area contributed by atoms with Crippen molar-refractivity contribution in [2.24, 2.45) is 5.73 Å². The van der Waals surface area contributed by atoms with Crippen LogP contribution in [0, 0.1) is 0 Å². The van der Waals surface area contributed by atoms with Crippen LogP contribution in [0.25, 0.3) is 0 Å². The van der Waals surface area contributed by atoms with Crippen LogP contribution in [0.3, 0.4) is 0 Å². The summed E-state index contributed by atoms with van der Waals surface area (Å²) in [6.45, 7) is 0. The molecule has 0 saturated heterocycles. The lowest BCUT2D eigenvalue weighted by molar-refractivity contribution is 0.987. The summed E-state index contributed by atoms with van der Waals surface area (Å²) in [6, 6.07) is 0. The predicted molar refractivity (Wildman–Crippen MR) is 53.4 cm³/mol. The molecular formula is C4H4Cl2N6S. The van der Waals surface area contributed by atoms with E-state index in [1.165, 1.54) is 0 Å². The normalized spacial score (nSPS) is 9.38. The van der Waals surface area contributed by atoms with Crippen LogP contribution in [0.1, 0.15) is 0 Å². The van der Waals surface area contributed by atoms with Crippen molar-refractivity contribution in [2.45, 2.75) is 0 Å². The molecule has 0 saturated carbocycles. The molecule has 4 N–H and O–H groups in total. The van der Waals surface area contributed by atoms with E-state index in [-0.39, 0.29) is 21.6 Å². The fourth-order valence-corrected chi connectivity index (χ4v) is 0.914. The molecule has 0 aliphatic rings. The lowest BCUT2D eigenvalue weighted by Crippen LogP contribution is -2.34. The molecule has 0 aliphatic carbocycles. The molecule has 1 heterocycles. The smallest absolute Gasteiger partial charge is 0.247 e. The molecule has 0 unspecified atom stereocenters. The Hall–Kier alpha value is -0.920. The van der Waals surface area contributed by atoms with Crippen LogP contribution in [-0.4, -0.2) is 20.1 Å². The highest BCUT2D eigenvalue weighted by molar-refractivity contribution is 7.80. The second kappa shape index (κ2) is 4.35. The Morgan fingerprint density at radius 3 is 2.23 bits per heavy atom. The number of rotatable bonds is 2. The quantitative estimate of drug-likeness (QED) is 0.506. The maximum absolute atomic E-state index is 5.49. The first kappa shape index (κ1) is 10.2. The standard InChI is InChI=1S/C4H4Cl2N6S/c5-1-8-2(6)10-4(9-1)12-11-3(7)13/h(H3,7,11,13)(H,8,9,10,12). The van der Waals surface area contributed by atoms with Crippen molar-refractivity contribution < 1.29 is 0 Å². The van der Waals surface area contributed by atoms with E-state index in [9.17, 15) is 0 Å². The number of hydrazine groups is 1. The van der Waals surface area contributed by atoms with Crippen LogP contribution < -0.4 is 16.6 Å². The molecule has 0 spiro atoms. The van der Waals surface area contributed by atoms with Crippen LogP contribution >= 0.6 is 35.4 Å². The SMILES string of the molecule is NC(=S)NNc1nc(Cl)nc(Cl)n1. The van der Waals surface area contributed by atoms with Crippen LogP contribution in [0.4, 0.5) is 5.95 Å². The molecule has 0 bridgehead atoms. The highest BCUT2D eigenvalue weighted by Gasteiger charge is 2.01. The van der Waals surface area contributed by atoms with Gasteiger partial charge in [0.15, 0.2) is 5.11 Å². The van der Waals surface area contributed by atoms with Crippen LogP contribution in [0.2, 0.25) is 10.6 Å². The van der Waals surface area contributed by atoms with E-state index < -0.39 is 0 Å². The van der Waals surface area contributed by atoms with Gasteiger partial charge in [0.25, 0.3) is 0 Å². The molecule has 13 heavy (non-hydrogen) atoms. The molecule has 0 fully saturated rings. The summed E-state index contributed by atoms with van der Waals surface area (Å²) in [6.07, 6.45) is 0. The minimum absolute atomic E-state index is 0.0211. The first-order valence-corrected chi connectivity index (χ1v) is 4.13. The maximum atomic E-state index is 5.49. The summed E-state index contributed by atoms with van der Waals surface area (Å²) >= 11 is 15.5. The Morgan fingerprint density at radius 2 is 1.77 bits per heavy atom. The summed E-state index contributed by atoms with van der Waals surface area (Å²) in [4.78, 5) is 10.9. The number of anilines is 1. The molecule has 0 aliphatic heterocycles. The molecule has 1 rings (SSSR count). The van der Waals surface area contributed by atoms with Crippen molar-refractivity contribution in [1.82, 2.24) is 20.4 Å². The summed E-state index contributed by atoms with van der Waals surface area (Å²) < 4.78 is 0. The van der Waals surface area contributed by atoms with Crippen molar-refractivity contribution in [3.63, 3.8) is 0 Å². The molecule has 1 aromatic rings. The fourth-order valence-electron chi connectivity index (χ4n) is 0.499. The lowest BCUT2D eigenvalue weighted by atomic mass is 10.9. The van der Waals surface area contributed by atoms with Crippen LogP contribution in [0.5, 0.6) is 0 Å². The number of hydrogen-bond acceptors (Lipinski definition) is 5. The zero-order valence-corrected chi connectivity index (χ0v) is 8.41. The average Bonchev–Trinajstić information content (AvgIpc) is 1.99. The average molecular weight is 239 g/mol. The first-order valence-electron chi connectivity index (χ1n) is 2.96. The Labute approximate surface area is 88.8 Å². The molecule has 70 valence electrons. The molecule has 0 amide bonds. The number of nitrogens with one attached hydrogen (secondary N) is 2. The van der Waals surface area contributed by atoms with Gasteiger partial charge in [0, 0.05) is 0 Å². The van der Waals surface area contributed by atoms with E-state index >= 15 is 0 Å². The summed E-state index contributed by atoms with van der Waals surface area (Å²) in [5.74, 6) is 0.137. The number of halogens is 2. The number of hydrogen-bond donors (Lipinski definition) is 3. The molecule has 0 atom stereocenters. The third kappa shape index (κ3) is 3.53. The Bertz CT molecular complexity index is 310. The van der Waals surface area contributed by atoms with Gasteiger partial charge in [-0.05, 0) is 35.4 Å². The topological polar surface area (TPSA) is 88.8 Å². The molecule has 6 nitrogen and oxygen atoms in total. The van der Waals surface area contributed by atoms with Gasteiger partial charge < -0.3 is 5.73 Å². The van der Waals surface area contributed by atoms with E-state index in [0.29, 0.717) is 0 Å². The van der Waals surface area contributed by atoms with E-state index in [0.717, 1.165) is 0 Å². The van der Waals surface area contributed by atoms with Gasteiger partial charge in [0.1, 0.15) is 0 Å². The fraction of sp³-hybridized carbons (Fsp3) is 0. The van der Waals surface area contributed by atoms with Gasteiger partial charge in [-0.15, -0.1) is 0 Å². The summed E-state index contributed by atoms with van der Waals surface area (Å²) in [5, 5.41) is 0.00661. The van der Waals surface area contributed by atoms with Crippen molar-refractivity contribution in [1.29, 1.82) is 0 Å². The number of thiocarbonyl (C=S) groups is 1. The third-order valence-electron chi connectivity index (χ3n) is 0.878. The Morgan fingerprint density at radius 1 is 1.23 bits per heavy atom. The van der Waals surface area contributed by atoms with Gasteiger partial charge in [-0.1, -0.05) is 0 Å². The maximum Gasteiger partial charge on any atom is 0.247 e. The van der Waals surface area contributed by atoms with E-state index in [1.54, 1.807) is 0 Å². The molecule has 0 radical (unpaired) electrons. The highest BCUT2D eigenvalue weighted by atomic mass is 35.5. The van der Waals surface area contributed by atoms with Crippen molar-refractivity contribution in [3.8, 4) is 0 Å². The zero-order chi connectivity index (χ0) is 9.84. The van der Waals surface area contributed by atoms with E-state index in [4.69, 9.17) is 28.9 Å². The lowest BCUT2D eigenvalue weighted by Gasteiger charge is -2.04. The summed E-state index contributed by atoms with van der Waals surface area (Å²) in [5.41, 5.74) is 10.0. The number of nitrogens with zero attached hydrogens (tertiary/aromatic N) is 3. The minimum atomic E-state index is -0.0211. The van der Waals surface area contributed by atoms with Gasteiger partial charge in [-0.3, -0.25) is 10.9 Å². The van der Waals surface area contributed by atoms with Gasteiger partial charge in [0.05, 0.1) is 0 Å². The van der Waals surface area contributed by atoms with Gasteiger partial charge >= 0.3 is 0 Å². The molecule has 0 aromatic carbocycles. The third-order valence-corrected chi connectivity index (χ3v) is 1.32. The predicted octanol–water partition coefficient (Wildman–Crippen LogP) is 0.339. The minimum Gasteiger partial charge on any atom is -0.375 e. The van der Waals surface area contributed by atoms with Crippen LogP contribution in [-0.2, 0) is 0 Å². The van der Waals surface area contributed by atoms with Gasteiger partial charge in [-0.25, -0.2) is 0 Å². The Balaban J connectivity index is 2.71. The molecular weight excluding hydrogens is 235 g/mol. The van der Waals surface area contributed by atoms with Crippen molar-refractivity contribution in [3.05, 3.63) is 10.6 Å². The zero-order valence-electron chi connectivity index (χ0n) is 6.08. The Kier molecular flexibility index (Phi) is 3.40. The van der Waals surface area contributed by atoms with Crippen molar-refractivity contribution >= 4 is 46.5 Å². The molecule has 1 aromatic heterocycles. The van der Waals surface area contributed by atoms with Gasteiger partial charge in [-0.2, -0.15) is 15.0 Å². The largest absolute Gasteiger partial charge is 0.375 e. The van der Waals surface area contributed by atoms with Crippen LogP contribution in [0.15, 0.2) is 0 Å². The van der Waals surface area contributed by atoms with Gasteiger partial charge in [0.2, 0.25) is 16.5 Å². The van der Waals surface area contributed by atoms with E-state index in [2.05, 4.69) is 38.0 Å². The second-order valence-electron chi connectivity index (χ2n) is 1.81. The second-order valence-corrected chi connectivity index (χ2v) is 2.93. The summed E-state index contributed by atoms with van der Waals surface area (Å²) in [7, 11) is 0. The molecule has 9 heteroatoms. The number of nitrogens with two attached hydrogens (primary N) is 1.